The van der Waals surface area contributed by atoms with Gasteiger partial charge in [0.2, 0.25) is 0 Å². The van der Waals surface area contributed by atoms with Crippen LogP contribution in [-0.2, 0) is 0 Å². The van der Waals surface area contributed by atoms with E-state index in [0.29, 0.717) is 11.3 Å². The number of nitrogens with one attached hydrogen (secondary N) is 1. The van der Waals surface area contributed by atoms with Gasteiger partial charge in [-0.05, 0) is 56.3 Å². The number of hydrogen-bond donors (Lipinski definition) is 1. The SMILES string of the molecule is O=C(c1cnn(-c2ccccc2F)c1)N1CCC(C2CCNC2)CC1. The van der Waals surface area contributed by atoms with E-state index in [2.05, 4.69) is 10.4 Å². The third-order valence-corrected chi connectivity index (χ3v) is 5.52. The van der Waals surface area contributed by atoms with Crippen LogP contribution in [0.3, 0.4) is 0 Å². The lowest BCUT2D eigenvalue weighted by atomic mass is 9.83. The quantitative estimate of drug-likeness (QED) is 0.932. The average Bonchev–Trinajstić information content (AvgIpc) is 3.34. The van der Waals surface area contributed by atoms with Crippen LogP contribution >= 0.6 is 0 Å². The van der Waals surface area contributed by atoms with Gasteiger partial charge in [0.1, 0.15) is 11.5 Å². The molecule has 0 aliphatic carbocycles. The maximum absolute atomic E-state index is 13.9. The molecule has 0 radical (unpaired) electrons. The number of halogens is 1. The summed E-state index contributed by atoms with van der Waals surface area (Å²) in [4.78, 5) is 14.6. The Morgan fingerprint density at radius 1 is 1.16 bits per heavy atom. The molecule has 1 N–H and O–H groups in total. The van der Waals surface area contributed by atoms with Gasteiger partial charge in [-0.25, -0.2) is 9.07 Å². The van der Waals surface area contributed by atoms with E-state index >= 15 is 0 Å². The van der Waals surface area contributed by atoms with Gasteiger partial charge in [0.25, 0.3) is 5.91 Å². The highest BCUT2D eigenvalue weighted by Gasteiger charge is 2.30. The largest absolute Gasteiger partial charge is 0.339 e. The fourth-order valence-corrected chi connectivity index (χ4v) is 4.04. The van der Waals surface area contributed by atoms with Gasteiger partial charge < -0.3 is 10.2 Å². The van der Waals surface area contributed by atoms with Crippen LogP contribution in [0.5, 0.6) is 0 Å². The minimum absolute atomic E-state index is 0.00872. The van der Waals surface area contributed by atoms with Crippen molar-refractivity contribution < 1.29 is 9.18 Å². The van der Waals surface area contributed by atoms with Crippen LogP contribution < -0.4 is 5.32 Å². The van der Waals surface area contributed by atoms with Crippen LogP contribution in [0.25, 0.3) is 5.69 Å². The molecule has 2 aliphatic heterocycles. The molecule has 6 heteroatoms. The molecule has 1 amide bonds. The predicted molar refractivity (Wildman–Crippen MR) is 93.1 cm³/mol. The maximum atomic E-state index is 13.9. The lowest BCUT2D eigenvalue weighted by Gasteiger charge is -2.34. The van der Waals surface area contributed by atoms with Crippen LogP contribution in [0.15, 0.2) is 36.7 Å². The Morgan fingerprint density at radius 3 is 2.68 bits per heavy atom. The lowest BCUT2D eigenvalue weighted by Crippen LogP contribution is -2.40. The highest BCUT2D eigenvalue weighted by Crippen LogP contribution is 2.29. The first-order valence-corrected chi connectivity index (χ1v) is 9.02. The van der Waals surface area contributed by atoms with Crippen LogP contribution in [0.4, 0.5) is 4.39 Å². The van der Waals surface area contributed by atoms with E-state index in [1.807, 2.05) is 4.90 Å². The predicted octanol–water partition coefficient (Wildman–Crippen LogP) is 2.47. The van der Waals surface area contributed by atoms with Crippen molar-refractivity contribution in [2.75, 3.05) is 26.2 Å². The molecule has 2 fully saturated rings. The molecule has 1 aromatic heterocycles. The van der Waals surface area contributed by atoms with Gasteiger partial charge in [-0.1, -0.05) is 12.1 Å². The summed E-state index contributed by atoms with van der Waals surface area (Å²) < 4.78 is 15.3. The van der Waals surface area contributed by atoms with Gasteiger partial charge in [0.05, 0.1) is 11.8 Å². The Bertz CT molecular complexity index is 745. The van der Waals surface area contributed by atoms with Gasteiger partial charge in [-0.2, -0.15) is 5.10 Å². The number of hydrogen-bond acceptors (Lipinski definition) is 3. The van der Waals surface area contributed by atoms with E-state index in [4.69, 9.17) is 0 Å². The molecule has 1 atom stereocenters. The molecule has 1 aromatic carbocycles. The number of para-hydroxylation sites is 1. The summed E-state index contributed by atoms with van der Waals surface area (Å²) in [5.41, 5.74) is 0.873. The number of aromatic nitrogens is 2. The average molecular weight is 342 g/mol. The summed E-state index contributed by atoms with van der Waals surface area (Å²) >= 11 is 0. The van der Waals surface area contributed by atoms with Crippen molar-refractivity contribution in [3.8, 4) is 5.69 Å². The van der Waals surface area contributed by atoms with Crippen molar-refractivity contribution in [3.63, 3.8) is 0 Å². The Kier molecular flexibility index (Phi) is 4.53. The molecule has 1 unspecified atom stereocenters. The summed E-state index contributed by atoms with van der Waals surface area (Å²) in [6, 6.07) is 6.43. The third-order valence-electron chi connectivity index (χ3n) is 5.52. The van der Waals surface area contributed by atoms with Crippen LogP contribution in [0.2, 0.25) is 0 Å². The summed E-state index contributed by atoms with van der Waals surface area (Å²) in [6.07, 6.45) is 6.54. The van der Waals surface area contributed by atoms with Gasteiger partial charge in [0, 0.05) is 19.3 Å². The normalized spacial score (nSPS) is 21.6. The zero-order valence-electron chi connectivity index (χ0n) is 14.2. The molecule has 3 heterocycles. The number of amides is 1. The zero-order valence-corrected chi connectivity index (χ0v) is 14.2. The zero-order chi connectivity index (χ0) is 17.2. The van der Waals surface area contributed by atoms with Crippen molar-refractivity contribution in [1.29, 1.82) is 0 Å². The second kappa shape index (κ2) is 6.96. The van der Waals surface area contributed by atoms with Gasteiger partial charge in [-0.3, -0.25) is 4.79 Å². The van der Waals surface area contributed by atoms with Crippen molar-refractivity contribution in [3.05, 3.63) is 48.0 Å². The van der Waals surface area contributed by atoms with Crippen molar-refractivity contribution in [2.24, 2.45) is 11.8 Å². The van der Waals surface area contributed by atoms with Crippen molar-refractivity contribution in [2.45, 2.75) is 19.3 Å². The minimum Gasteiger partial charge on any atom is -0.339 e. The van der Waals surface area contributed by atoms with Crippen molar-refractivity contribution in [1.82, 2.24) is 20.0 Å². The van der Waals surface area contributed by atoms with E-state index in [-0.39, 0.29) is 11.7 Å². The van der Waals surface area contributed by atoms with Gasteiger partial charge in [-0.15, -0.1) is 0 Å². The monoisotopic (exact) mass is 342 g/mol. The highest BCUT2D eigenvalue weighted by atomic mass is 19.1. The molecule has 2 aliphatic rings. The lowest BCUT2D eigenvalue weighted by molar-refractivity contribution is 0.0663. The van der Waals surface area contributed by atoms with Crippen LogP contribution in [0, 0.1) is 17.7 Å². The topological polar surface area (TPSA) is 50.2 Å². The number of benzene rings is 1. The summed E-state index contributed by atoms with van der Waals surface area (Å²) in [5.74, 6) is 1.13. The molecule has 4 rings (SSSR count). The van der Waals surface area contributed by atoms with Crippen LogP contribution in [-0.4, -0.2) is 46.8 Å². The van der Waals surface area contributed by atoms with E-state index < -0.39 is 0 Å². The second-order valence-electron chi connectivity index (χ2n) is 7.01. The smallest absolute Gasteiger partial charge is 0.257 e. The third kappa shape index (κ3) is 3.31. The molecule has 2 saturated heterocycles. The fraction of sp³-hybridized carbons (Fsp3) is 0.474. The summed E-state index contributed by atoms with van der Waals surface area (Å²) in [7, 11) is 0. The first kappa shape index (κ1) is 16.3. The standard InChI is InChI=1S/C19H23FN4O/c20-17-3-1-2-4-18(17)24-13-16(12-22-24)19(25)23-9-6-14(7-10-23)15-5-8-21-11-15/h1-4,12-15,21H,5-11H2. The summed E-state index contributed by atoms with van der Waals surface area (Å²) in [6.45, 7) is 3.84. The molecular weight excluding hydrogens is 319 g/mol. The number of rotatable bonds is 3. The molecule has 5 nitrogen and oxygen atoms in total. The van der Waals surface area contributed by atoms with E-state index in [0.717, 1.165) is 50.9 Å². The Balaban J connectivity index is 1.41. The Hall–Kier alpha value is -2.21. The van der Waals surface area contributed by atoms with Crippen LogP contribution in [0.1, 0.15) is 29.6 Å². The fourth-order valence-electron chi connectivity index (χ4n) is 4.04. The second-order valence-corrected chi connectivity index (χ2v) is 7.01. The first-order valence-electron chi connectivity index (χ1n) is 9.02. The summed E-state index contributed by atoms with van der Waals surface area (Å²) in [5, 5.41) is 7.59. The number of nitrogens with zero attached hydrogens (tertiary/aromatic N) is 3. The highest BCUT2D eigenvalue weighted by molar-refractivity contribution is 5.93. The Labute approximate surface area is 146 Å². The number of likely N-dealkylation sites (tertiary alicyclic amines) is 1. The van der Waals surface area contributed by atoms with E-state index in [1.54, 1.807) is 24.4 Å². The van der Waals surface area contributed by atoms with Gasteiger partial charge in [0.15, 0.2) is 0 Å². The number of carbonyl (C=O) groups is 1. The molecule has 0 bridgehead atoms. The number of piperidine rings is 1. The molecule has 132 valence electrons. The molecule has 25 heavy (non-hydrogen) atoms. The molecule has 0 spiro atoms. The Morgan fingerprint density at radius 2 is 1.96 bits per heavy atom. The molecule has 0 saturated carbocycles. The molecule has 2 aromatic rings. The first-order chi connectivity index (χ1) is 12.2. The van der Waals surface area contributed by atoms with Gasteiger partial charge >= 0.3 is 0 Å². The number of carbonyl (C=O) groups excluding carboxylic acids is 1. The van der Waals surface area contributed by atoms with Crippen molar-refractivity contribution >= 4 is 5.91 Å². The van der Waals surface area contributed by atoms with E-state index in [1.165, 1.54) is 23.4 Å². The minimum atomic E-state index is -0.351. The van der Waals surface area contributed by atoms with E-state index in [9.17, 15) is 9.18 Å². The maximum Gasteiger partial charge on any atom is 0.257 e. The molecular formula is C19H23FN4O.